The Morgan fingerprint density at radius 2 is 2.05 bits per heavy atom. The maximum absolute atomic E-state index is 12.3. The summed E-state index contributed by atoms with van der Waals surface area (Å²) in [5.74, 6) is 0.498. The maximum atomic E-state index is 12.3. The van der Waals surface area contributed by atoms with Gasteiger partial charge in [0, 0.05) is 31.7 Å². The highest BCUT2D eigenvalue weighted by atomic mass is 16.2. The van der Waals surface area contributed by atoms with E-state index >= 15 is 0 Å². The molecule has 1 aromatic carbocycles. The number of hydrogen-bond acceptors (Lipinski definition) is 3. The molecular formula is C15H23N3O. The van der Waals surface area contributed by atoms with Gasteiger partial charge in [0.05, 0.1) is 0 Å². The molecule has 0 saturated carbocycles. The fourth-order valence-electron chi connectivity index (χ4n) is 2.43. The van der Waals surface area contributed by atoms with Crippen LogP contribution in [0.4, 0.5) is 5.69 Å². The number of anilines is 1. The van der Waals surface area contributed by atoms with Crippen LogP contribution in [-0.2, 0) is 4.79 Å². The molecule has 1 fully saturated rings. The number of rotatable bonds is 3. The number of carbonyl (C=O) groups is 1. The van der Waals surface area contributed by atoms with Crippen LogP contribution in [0.1, 0.15) is 31.2 Å². The Hall–Kier alpha value is -1.55. The van der Waals surface area contributed by atoms with Gasteiger partial charge in [0.15, 0.2) is 0 Å². The lowest BCUT2D eigenvalue weighted by Gasteiger charge is -2.22. The molecule has 3 N–H and O–H groups in total. The second-order valence-corrected chi connectivity index (χ2v) is 5.26. The summed E-state index contributed by atoms with van der Waals surface area (Å²) in [7, 11) is 0. The minimum atomic E-state index is 0.240. The molecule has 1 atom stereocenters. The van der Waals surface area contributed by atoms with E-state index in [1.165, 1.54) is 5.56 Å². The van der Waals surface area contributed by atoms with Crippen molar-refractivity contribution in [2.75, 3.05) is 31.9 Å². The monoisotopic (exact) mass is 261 g/mol. The van der Waals surface area contributed by atoms with Gasteiger partial charge in [-0.15, -0.1) is 0 Å². The van der Waals surface area contributed by atoms with Crippen LogP contribution >= 0.6 is 0 Å². The zero-order valence-electron chi connectivity index (χ0n) is 11.6. The molecule has 0 aromatic heterocycles. The van der Waals surface area contributed by atoms with E-state index in [0.29, 0.717) is 6.42 Å². The third-order valence-electron chi connectivity index (χ3n) is 3.68. The molecule has 0 radical (unpaired) electrons. The van der Waals surface area contributed by atoms with Crippen molar-refractivity contribution in [3.8, 4) is 0 Å². The summed E-state index contributed by atoms with van der Waals surface area (Å²) in [6.07, 6.45) is 1.62. The maximum Gasteiger partial charge on any atom is 0.223 e. The van der Waals surface area contributed by atoms with Crippen LogP contribution in [0.25, 0.3) is 0 Å². The standard InChI is InChI=1S/C15H23N3O/c1-12(13-3-5-14(16)6-4-13)11-15(19)18-9-2-7-17-8-10-18/h3-6,12,17H,2,7-11,16H2,1H3. The molecule has 4 heteroatoms. The van der Waals surface area contributed by atoms with Crippen molar-refractivity contribution < 1.29 is 4.79 Å². The molecule has 1 amide bonds. The Morgan fingerprint density at radius 1 is 1.32 bits per heavy atom. The Morgan fingerprint density at radius 3 is 2.79 bits per heavy atom. The summed E-state index contributed by atoms with van der Waals surface area (Å²) in [5, 5.41) is 3.32. The van der Waals surface area contributed by atoms with E-state index in [-0.39, 0.29) is 11.8 Å². The smallest absolute Gasteiger partial charge is 0.223 e. The van der Waals surface area contributed by atoms with Crippen LogP contribution in [0.3, 0.4) is 0 Å². The number of nitrogens with one attached hydrogen (secondary N) is 1. The Labute approximate surface area is 115 Å². The minimum Gasteiger partial charge on any atom is -0.399 e. The summed E-state index contributed by atoms with van der Waals surface area (Å²) in [5.41, 5.74) is 7.62. The molecule has 104 valence electrons. The molecule has 1 unspecified atom stereocenters. The lowest BCUT2D eigenvalue weighted by Crippen LogP contribution is -2.34. The average Bonchev–Trinajstić information content (AvgIpc) is 2.68. The fraction of sp³-hybridized carbons (Fsp3) is 0.533. The first-order chi connectivity index (χ1) is 9.16. The first kappa shape index (κ1) is 13.9. The summed E-state index contributed by atoms with van der Waals surface area (Å²) in [4.78, 5) is 14.3. The molecule has 1 saturated heterocycles. The summed E-state index contributed by atoms with van der Waals surface area (Å²) >= 11 is 0. The first-order valence-corrected chi connectivity index (χ1v) is 7.01. The summed E-state index contributed by atoms with van der Waals surface area (Å²) in [6, 6.07) is 7.81. The van der Waals surface area contributed by atoms with Crippen molar-refractivity contribution in [2.24, 2.45) is 0 Å². The van der Waals surface area contributed by atoms with Gasteiger partial charge in [-0.05, 0) is 36.6 Å². The second kappa shape index (κ2) is 6.57. The van der Waals surface area contributed by atoms with E-state index in [4.69, 9.17) is 5.73 Å². The highest BCUT2D eigenvalue weighted by Gasteiger charge is 2.18. The molecule has 0 spiro atoms. The van der Waals surface area contributed by atoms with Gasteiger partial charge in [-0.25, -0.2) is 0 Å². The van der Waals surface area contributed by atoms with E-state index in [9.17, 15) is 4.79 Å². The zero-order valence-corrected chi connectivity index (χ0v) is 11.6. The van der Waals surface area contributed by atoms with Crippen molar-refractivity contribution in [1.82, 2.24) is 10.2 Å². The lowest BCUT2D eigenvalue weighted by molar-refractivity contribution is -0.131. The fourth-order valence-corrected chi connectivity index (χ4v) is 2.43. The van der Waals surface area contributed by atoms with E-state index in [1.54, 1.807) is 0 Å². The van der Waals surface area contributed by atoms with Crippen molar-refractivity contribution in [1.29, 1.82) is 0 Å². The van der Waals surface area contributed by atoms with E-state index < -0.39 is 0 Å². The van der Waals surface area contributed by atoms with Gasteiger partial charge in [0.2, 0.25) is 5.91 Å². The van der Waals surface area contributed by atoms with Gasteiger partial charge >= 0.3 is 0 Å². The van der Waals surface area contributed by atoms with Crippen LogP contribution in [0.5, 0.6) is 0 Å². The predicted octanol–water partition coefficient (Wildman–Crippen LogP) is 1.58. The van der Waals surface area contributed by atoms with Crippen molar-refractivity contribution in [2.45, 2.75) is 25.7 Å². The largest absolute Gasteiger partial charge is 0.399 e. The van der Waals surface area contributed by atoms with Gasteiger partial charge in [-0.1, -0.05) is 19.1 Å². The normalized spacial score (nSPS) is 17.8. The number of benzene rings is 1. The third-order valence-corrected chi connectivity index (χ3v) is 3.68. The molecule has 19 heavy (non-hydrogen) atoms. The molecule has 1 aliphatic rings. The van der Waals surface area contributed by atoms with Crippen LogP contribution in [0.15, 0.2) is 24.3 Å². The molecular weight excluding hydrogens is 238 g/mol. The molecule has 0 aliphatic carbocycles. The minimum absolute atomic E-state index is 0.240. The number of nitrogens with zero attached hydrogens (tertiary/aromatic N) is 1. The molecule has 4 nitrogen and oxygen atoms in total. The van der Waals surface area contributed by atoms with Crippen LogP contribution in [0, 0.1) is 0 Å². The quantitative estimate of drug-likeness (QED) is 0.812. The second-order valence-electron chi connectivity index (χ2n) is 5.26. The molecule has 1 aromatic rings. The van der Waals surface area contributed by atoms with Crippen molar-refractivity contribution in [3.05, 3.63) is 29.8 Å². The van der Waals surface area contributed by atoms with E-state index in [0.717, 1.165) is 38.3 Å². The number of nitrogens with two attached hydrogens (primary N) is 1. The highest BCUT2D eigenvalue weighted by molar-refractivity contribution is 5.77. The third kappa shape index (κ3) is 3.96. The summed E-state index contributed by atoms with van der Waals surface area (Å²) < 4.78 is 0. The topological polar surface area (TPSA) is 58.4 Å². The highest BCUT2D eigenvalue weighted by Crippen LogP contribution is 2.21. The van der Waals surface area contributed by atoms with Crippen molar-refractivity contribution >= 4 is 11.6 Å². The lowest BCUT2D eigenvalue weighted by atomic mass is 9.97. The Kier molecular flexibility index (Phi) is 4.80. The molecule has 0 bridgehead atoms. The van der Waals surface area contributed by atoms with Gasteiger partial charge in [0.25, 0.3) is 0 Å². The zero-order chi connectivity index (χ0) is 13.7. The van der Waals surface area contributed by atoms with E-state index in [2.05, 4.69) is 12.2 Å². The Balaban J connectivity index is 1.92. The number of nitrogen functional groups attached to an aromatic ring is 1. The SMILES string of the molecule is CC(CC(=O)N1CCCNCC1)c1ccc(N)cc1. The number of amides is 1. The van der Waals surface area contributed by atoms with E-state index in [1.807, 2.05) is 29.2 Å². The Bertz CT molecular complexity index is 408. The molecule has 1 aliphatic heterocycles. The van der Waals surface area contributed by atoms with Crippen LogP contribution in [0.2, 0.25) is 0 Å². The van der Waals surface area contributed by atoms with Gasteiger partial charge in [-0.3, -0.25) is 4.79 Å². The number of carbonyl (C=O) groups excluding carboxylic acids is 1. The van der Waals surface area contributed by atoms with Crippen LogP contribution in [-0.4, -0.2) is 37.0 Å². The average molecular weight is 261 g/mol. The van der Waals surface area contributed by atoms with Crippen molar-refractivity contribution in [3.63, 3.8) is 0 Å². The molecule has 2 rings (SSSR count). The number of hydrogen-bond donors (Lipinski definition) is 2. The first-order valence-electron chi connectivity index (χ1n) is 7.01. The van der Waals surface area contributed by atoms with Gasteiger partial charge < -0.3 is 16.0 Å². The predicted molar refractivity (Wildman–Crippen MR) is 78.0 cm³/mol. The van der Waals surface area contributed by atoms with Gasteiger partial charge in [0.1, 0.15) is 0 Å². The molecule has 1 heterocycles. The van der Waals surface area contributed by atoms with Crippen LogP contribution < -0.4 is 11.1 Å². The van der Waals surface area contributed by atoms with Gasteiger partial charge in [-0.2, -0.15) is 0 Å². The summed E-state index contributed by atoms with van der Waals surface area (Å²) in [6.45, 7) is 5.71.